The largest absolute Gasteiger partial charge is 0.493 e. The van der Waals surface area contributed by atoms with Crippen molar-refractivity contribution in [3.8, 4) is 5.75 Å². The molecule has 0 saturated carbocycles. The van der Waals surface area contributed by atoms with Gasteiger partial charge >= 0.3 is 5.69 Å². The topological polar surface area (TPSA) is 89.7 Å². The molecule has 9 nitrogen and oxygen atoms in total. The van der Waals surface area contributed by atoms with Crippen LogP contribution >= 0.6 is 0 Å². The van der Waals surface area contributed by atoms with Crippen LogP contribution in [0.1, 0.15) is 22.3 Å². The van der Waals surface area contributed by atoms with Crippen molar-refractivity contribution in [1.29, 1.82) is 0 Å². The number of allylic oxidation sites excluding steroid dienone is 1. The van der Waals surface area contributed by atoms with E-state index >= 15 is 0 Å². The van der Waals surface area contributed by atoms with Crippen molar-refractivity contribution in [3.05, 3.63) is 92.9 Å². The van der Waals surface area contributed by atoms with Crippen molar-refractivity contribution in [2.45, 2.75) is 6.42 Å². The first kappa shape index (κ1) is 25.1. The van der Waals surface area contributed by atoms with Gasteiger partial charge in [0.25, 0.3) is 5.56 Å². The van der Waals surface area contributed by atoms with E-state index in [1.807, 2.05) is 30.3 Å². The van der Waals surface area contributed by atoms with Crippen LogP contribution in [0.4, 0.5) is 5.82 Å². The standard InChI is InChI=1S/C27H31N5O4/c1-29-25(20-26(34)30(2)27(29)35)32-17-15-31(16-18-32)14-5-19-36-24-7-4-3-6-22(24)23(33)9-8-21-10-12-28-13-11-21/h3-4,6-13,20H,5,14-19H2,1-2H3. The number of ether oxygens (including phenoxy) is 1. The molecule has 1 aliphatic rings. The molecule has 3 heterocycles. The normalized spacial score (nSPS) is 14.3. The van der Waals surface area contributed by atoms with Crippen LogP contribution in [0.2, 0.25) is 0 Å². The third kappa shape index (κ3) is 5.98. The lowest BCUT2D eigenvalue weighted by molar-refractivity contribution is 0.104. The van der Waals surface area contributed by atoms with Gasteiger partial charge in [-0.15, -0.1) is 0 Å². The third-order valence-corrected chi connectivity index (χ3v) is 6.36. The Morgan fingerprint density at radius 2 is 1.72 bits per heavy atom. The van der Waals surface area contributed by atoms with E-state index in [0.717, 1.165) is 49.3 Å². The van der Waals surface area contributed by atoms with Crippen LogP contribution in [0.25, 0.3) is 6.08 Å². The maximum absolute atomic E-state index is 12.7. The zero-order valence-electron chi connectivity index (χ0n) is 20.7. The molecule has 9 heteroatoms. The van der Waals surface area contributed by atoms with Gasteiger partial charge in [0.15, 0.2) is 5.78 Å². The molecule has 0 N–H and O–H groups in total. The van der Waals surface area contributed by atoms with E-state index in [4.69, 9.17) is 4.74 Å². The van der Waals surface area contributed by atoms with Crippen LogP contribution in [0.5, 0.6) is 5.75 Å². The van der Waals surface area contributed by atoms with Gasteiger partial charge in [0.1, 0.15) is 11.6 Å². The lowest BCUT2D eigenvalue weighted by Gasteiger charge is -2.36. The van der Waals surface area contributed by atoms with E-state index in [-0.39, 0.29) is 17.0 Å². The Morgan fingerprint density at radius 3 is 2.47 bits per heavy atom. The number of pyridine rings is 1. The van der Waals surface area contributed by atoms with Crippen LogP contribution in [0.15, 0.2) is 70.5 Å². The summed E-state index contributed by atoms with van der Waals surface area (Å²) in [5.74, 6) is 1.13. The molecule has 0 atom stereocenters. The Morgan fingerprint density at radius 1 is 1.00 bits per heavy atom. The Kier molecular flexibility index (Phi) is 8.12. The van der Waals surface area contributed by atoms with Gasteiger partial charge in [-0.25, -0.2) is 4.79 Å². The van der Waals surface area contributed by atoms with Crippen molar-refractivity contribution in [3.63, 3.8) is 0 Å². The van der Waals surface area contributed by atoms with E-state index in [2.05, 4.69) is 14.8 Å². The number of piperazine rings is 1. The van der Waals surface area contributed by atoms with Gasteiger partial charge in [-0.1, -0.05) is 18.2 Å². The Balaban J connectivity index is 1.26. The summed E-state index contributed by atoms with van der Waals surface area (Å²) in [6, 6.07) is 12.5. The number of anilines is 1. The second kappa shape index (κ2) is 11.6. The quantitative estimate of drug-likeness (QED) is 0.258. The number of ketones is 1. The first-order valence-electron chi connectivity index (χ1n) is 12.0. The number of hydrogen-bond donors (Lipinski definition) is 0. The number of aromatic nitrogens is 3. The first-order valence-corrected chi connectivity index (χ1v) is 12.0. The second-order valence-corrected chi connectivity index (χ2v) is 8.75. The summed E-state index contributed by atoms with van der Waals surface area (Å²) < 4.78 is 8.61. The number of para-hydroxylation sites is 1. The summed E-state index contributed by atoms with van der Waals surface area (Å²) in [6.07, 6.45) is 7.52. The van der Waals surface area contributed by atoms with E-state index in [0.29, 0.717) is 23.7 Å². The summed E-state index contributed by atoms with van der Waals surface area (Å²) in [7, 11) is 3.18. The average molecular weight is 490 g/mol. The minimum atomic E-state index is -0.316. The highest BCUT2D eigenvalue weighted by atomic mass is 16.5. The summed E-state index contributed by atoms with van der Waals surface area (Å²) in [5, 5.41) is 0. The molecule has 0 aliphatic carbocycles. The first-order chi connectivity index (χ1) is 17.4. The maximum atomic E-state index is 12.7. The molecule has 1 aromatic carbocycles. The molecular formula is C27H31N5O4. The van der Waals surface area contributed by atoms with Crippen LogP contribution in [-0.4, -0.2) is 64.1 Å². The number of rotatable bonds is 9. The average Bonchev–Trinajstić information content (AvgIpc) is 2.92. The zero-order chi connectivity index (χ0) is 25.5. The predicted octanol–water partition coefficient (Wildman–Crippen LogP) is 1.97. The van der Waals surface area contributed by atoms with E-state index in [1.165, 1.54) is 17.7 Å². The predicted molar refractivity (Wildman–Crippen MR) is 140 cm³/mol. The minimum Gasteiger partial charge on any atom is -0.493 e. The molecule has 1 saturated heterocycles. The fraction of sp³-hybridized carbons (Fsp3) is 0.333. The molecule has 2 aromatic heterocycles. The van der Waals surface area contributed by atoms with Gasteiger partial charge in [0.05, 0.1) is 12.2 Å². The van der Waals surface area contributed by atoms with Crippen molar-refractivity contribution < 1.29 is 9.53 Å². The van der Waals surface area contributed by atoms with E-state index < -0.39 is 0 Å². The smallest absolute Gasteiger partial charge is 0.332 e. The van der Waals surface area contributed by atoms with E-state index in [9.17, 15) is 14.4 Å². The van der Waals surface area contributed by atoms with Gasteiger partial charge in [-0.3, -0.25) is 28.6 Å². The molecule has 4 rings (SSSR count). The lowest BCUT2D eigenvalue weighted by Crippen LogP contribution is -2.49. The fourth-order valence-electron chi connectivity index (χ4n) is 4.23. The summed E-state index contributed by atoms with van der Waals surface area (Å²) >= 11 is 0. The van der Waals surface area contributed by atoms with E-state index in [1.54, 1.807) is 37.7 Å². The summed E-state index contributed by atoms with van der Waals surface area (Å²) in [5.41, 5.74) is 0.841. The van der Waals surface area contributed by atoms with Gasteiger partial charge in [0, 0.05) is 65.3 Å². The van der Waals surface area contributed by atoms with Crippen molar-refractivity contribution >= 4 is 17.7 Å². The molecular weight excluding hydrogens is 458 g/mol. The van der Waals surface area contributed by atoms with Crippen molar-refractivity contribution in [2.24, 2.45) is 14.1 Å². The molecule has 36 heavy (non-hydrogen) atoms. The highest BCUT2D eigenvalue weighted by Crippen LogP contribution is 2.20. The highest BCUT2D eigenvalue weighted by Gasteiger charge is 2.20. The SMILES string of the molecule is Cn1c(N2CCN(CCCOc3ccccc3C(=O)C=Cc3ccncc3)CC2)cc(=O)n(C)c1=O. The highest BCUT2D eigenvalue weighted by molar-refractivity contribution is 6.08. The zero-order valence-corrected chi connectivity index (χ0v) is 20.7. The molecule has 3 aromatic rings. The number of nitrogens with zero attached hydrogens (tertiary/aromatic N) is 5. The number of benzene rings is 1. The molecule has 1 aliphatic heterocycles. The van der Waals surface area contributed by atoms with Crippen LogP contribution in [0, 0.1) is 0 Å². The summed E-state index contributed by atoms with van der Waals surface area (Å²) in [4.78, 5) is 45.4. The molecule has 0 bridgehead atoms. The number of hydrogen-bond acceptors (Lipinski definition) is 7. The molecule has 0 unspecified atom stereocenters. The fourth-order valence-corrected chi connectivity index (χ4v) is 4.23. The molecule has 0 spiro atoms. The molecule has 0 radical (unpaired) electrons. The van der Waals surface area contributed by atoms with Gasteiger partial charge in [-0.2, -0.15) is 0 Å². The van der Waals surface area contributed by atoms with Gasteiger partial charge in [0.2, 0.25) is 0 Å². The van der Waals surface area contributed by atoms with Crippen LogP contribution in [0.3, 0.4) is 0 Å². The molecule has 0 amide bonds. The lowest BCUT2D eigenvalue weighted by atomic mass is 10.1. The van der Waals surface area contributed by atoms with Crippen LogP contribution < -0.4 is 20.9 Å². The number of carbonyl (C=O) groups is 1. The maximum Gasteiger partial charge on any atom is 0.332 e. The molecule has 1 fully saturated rings. The monoisotopic (exact) mass is 489 g/mol. The Hall–Kier alpha value is -3.98. The Labute approximate surface area is 209 Å². The van der Waals surface area contributed by atoms with Crippen molar-refractivity contribution in [2.75, 3.05) is 44.2 Å². The summed E-state index contributed by atoms with van der Waals surface area (Å²) in [6.45, 7) is 4.50. The van der Waals surface area contributed by atoms with Crippen LogP contribution in [-0.2, 0) is 14.1 Å². The molecule has 188 valence electrons. The minimum absolute atomic E-state index is 0.108. The van der Waals surface area contributed by atoms with Gasteiger partial charge < -0.3 is 9.64 Å². The third-order valence-electron chi connectivity index (χ3n) is 6.36. The Bertz CT molecular complexity index is 1340. The number of carbonyl (C=O) groups excluding carboxylic acids is 1. The van der Waals surface area contributed by atoms with Crippen molar-refractivity contribution in [1.82, 2.24) is 19.0 Å². The second-order valence-electron chi connectivity index (χ2n) is 8.75. The van der Waals surface area contributed by atoms with Gasteiger partial charge in [-0.05, 0) is 42.3 Å².